The Kier molecular flexibility index (Phi) is 5.01. The summed E-state index contributed by atoms with van der Waals surface area (Å²) >= 11 is 7.21. The van der Waals surface area contributed by atoms with Crippen molar-refractivity contribution in [3.05, 3.63) is 63.4 Å². The summed E-state index contributed by atoms with van der Waals surface area (Å²) in [6.45, 7) is 2.64. The van der Waals surface area contributed by atoms with Gasteiger partial charge in [-0.1, -0.05) is 22.9 Å². The monoisotopic (exact) mass is 374 g/mol. The third-order valence-corrected chi connectivity index (χ3v) is 5.00. The van der Waals surface area contributed by atoms with Crippen molar-refractivity contribution in [2.24, 2.45) is 4.99 Å². The largest absolute Gasteiger partial charge is 0.465 e. The molecule has 0 saturated carbocycles. The predicted octanol–water partition coefficient (Wildman–Crippen LogP) is 3.90. The van der Waals surface area contributed by atoms with Crippen LogP contribution in [0.4, 0.5) is 0 Å². The van der Waals surface area contributed by atoms with Crippen molar-refractivity contribution in [2.75, 3.05) is 7.11 Å². The van der Waals surface area contributed by atoms with E-state index in [9.17, 15) is 9.59 Å². The lowest BCUT2D eigenvalue weighted by atomic mass is 10.2. The Balaban J connectivity index is 2.10. The number of hydrogen-bond donors (Lipinski definition) is 0. The normalized spacial score (nSPS) is 11.7. The van der Waals surface area contributed by atoms with Gasteiger partial charge in [-0.3, -0.25) is 4.79 Å². The molecule has 3 aromatic rings. The predicted molar refractivity (Wildman–Crippen MR) is 98.2 cm³/mol. The summed E-state index contributed by atoms with van der Waals surface area (Å²) < 4.78 is 7.56. The lowest BCUT2D eigenvalue weighted by molar-refractivity contribution is 0.0601. The lowest BCUT2D eigenvalue weighted by Crippen LogP contribution is -2.15. The van der Waals surface area contributed by atoms with Crippen molar-refractivity contribution in [3.8, 4) is 0 Å². The molecule has 0 aliphatic carbocycles. The number of hydrogen-bond acceptors (Lipinski definition) is 4. The third kappa shape index (κ3) is 3.50. The van der Waals surface area contributed by atoms with Crippen LogP contribution in [0, 0.1) is 0 Å². The summed E-state index contributed by atoms with van der Waals surface area (Å²) in [6, 6.07) is 11.9. The van der Waals surface area contributed by atoms with Gasteiger partial charge in [-0.05, 0) is 49.4 Å². The molecule has 0 spiro atoms. The van der Waals surface area contributed by atoms with Crippen molar-refractivity contribution >= 4 is 45.0 Å². The number of halogens is 1. The Morgan fingerprint density at radius 3 is 2.48 bits per heavy atom. The van der Waals surface area contributed by atoms with E-state index in [1.54, 1.807) is 36.4 Å². The lowest BCUT2D eigenvalue weighted by Gasteiger charge is -2.02. The summed E-state index contributed by atoms with van der Waals surface area (Å²) in [6.07, 6.45) is 0. The molecule has 128 valence electrons. The summed E-state index contributed by atoms with van der Waals surface area (Å²) in [5.41, 5.74) is 1.86. The standard InChI is InChI=1S/C18H15ClN2O3S/c1-3-21-14-9-6-12(17(23)24-2)10-15(14)25-18(21)20-16(22)11-4-7-13(19)8-5-11/h4-10H,3H2,1-2H3. The van der Waals surface area contributed by atoms with Crippen LogP contribution in [-0.2, 0) is 11.3 Å². The molecule has 0 aliphatic heterocycles. The van der Waals surface area contributed by atoms with Crippen LogP contribution in [0.25, 0.3) is 10.2 Å². The van der Waals surface area contributed by atoms with Crippen LogP contribution in [-0.4, -0.2) is 23.6 Å². The first kappa shape index (κ1) is 17.4. The number of rotatable bonds is 3. The van der Waals surface area contributed by atoms with E-state index in [2.05, 4.69) is 4.99 Å². The number of carbonyl (C=O) groups is 2. The Morgan fingerprint density at radius 2 is 1.84 bits per heavy atom. The smallest absolute Gasteiger partial charge is 0.337 e. The van der Waals surface area contributed by atoms with Crippen LogP contribution in [0.5, 0.6) is 0 Å². The van der Waals surface area contributed by atoms with Crippen molar-refractivity contribution in [1.29, 1.82) is 0 Å². The minimum Gasteiger partial charge on any atom is -0.465 e. The number of ether oxygens (including phenoxy) is 1. The molecule has 25 heavy (non-hydrogen) atoms. The maximum atomic E-state index is 12.4. The van der Waals surface area contributed by atoms with Crippen molar-refractivity contribution in [3.63, 3.8) is 0 Å². The number of esters is 1. The van der Waals surface area contributed by atoms with Gasteiger partial charge < -0.3 is 9.30 Å². The Bertz CT molecular complexity index is 1020. The summed E-state index contributed by atoms with van der Waals surface area (Å²) in [5.74, 6) is -0.729. The Morgan fingerprint density at radius 1 is 1.16 bits per heavy atom. The minimum atomic E-state index is -0.394. The maximum absolute atomic E-state index is 12.4. The van der Waals surface area contributed by atoms with Gasteiger partial charge in [0.25, 0.3) is 5.91 Å². The van der Waals surface area contributed by atoms with Crippen molar-refractivity contribution < 1.29 is 14.3 Å². The second-order valence-electron chi connectivity index (χ2n) is 5.23. The Labute approximate surface area is 153 Å². The molecule has 0 unspecified atom stereocenters. The van der Waals surface area contributed by atoms with Crippen molar-refractivity contribution in [1.82, 2.24) is 4.57 Å². The highest BCUT2D eigenvalue weighted by molar-refractivity contribution is 7.16. The van der Waals surface area contributed by atoms with E-state index in [-0.39, 0.29) is 5.91 Å². The number of fused-ring (bicyclic) bond motifs is 1. The van der Waals surface area contributed by atoms with E-state index in [0.29, 0.717) is 27.5 Å². The fourth-order valence-corrected chi connectivity index (χ4v) is 3.71. The molecule has 5 nitrogen and oxygen atoms in total. The quantitative estimate of drug-likeness (QED) is 0.653. The van der Waals surface area contributed by atoms with Gasteiger partial charge in [0.2, 0.25) is 0 Å². The topological polar surface area (TPSA) is 60.7 Å². The van der Waals surface area contributed by atoms with Gasteiger partial charge in [0, 0.05) is 17.1 Å². The van der Waals surface area contributed by atoms with Gasteiger partial charge in [0.1, 0.15) is 0 Å². The van der Waals surface area contributed by atoms with Gasteiger partial charge in [0.05, 0.1) is 22.9 Å². The first-order valence-electron chi connectivity index (χ1n) is 7.60. The number of methoxy groups -OCH3 is 1. The highest BCUT2D eigenvalue weighted by Gasteiger charge is 2.12. The molecule has 0 atom stereocenters. The van der Waals surface area contributed by atoms with Crippen LogP contribution >= 0.6 is 22.9 Å². The van der Waals surface area contributed by atoms with E-state index in [1.807, 2.05) is 17.6 Å². The molecule has 3 rings (SSSR count). The average molecular weight is 375 g/mol. The molecule has 0 N–H and O–H groups in total. The van der Waals surface area contributed by atoms with Crippen LogP contribution < -0.4 is 4.80 Å². The van der Waals surface area contributed by atoms with Gasteiger partial charge in [-0.15, -0.1) is 0 Å². The molecule has 2 aromatic carbocycles. The minimum absolute atomic E-state index is 0.335. The maximum Gasteiger partial charge on any atom is 0.337 e. The summed E-state index contributed by atoms with van der Waals surface area (Å²) in [7, 11) is 1.35. The zero-order chi connectivity index (χ0) is 18.0. The summed E-state index contributed by atoms with van der Waals surface area (Å²) in [5, 5.41) is 0.567. The number of thiazole rings is 1. The molecule has 0 fully saturated rings. The van der Waals surface area contributed by atoms with Crippen LogP contribution in [0.3, 0.4) is 0 Å². The molecule has 0 aliphatic rings. The van der Waals surface area contributed by atoms with Gasteiger partial charge in [-0.2, -0.15) is 4.99 Å². The number of aromatic nitrogens is 1. The molecule has 1 amide bonds. The van der Waals surface area contributed by atoms with Gasteiger partial charge in [0.15, 0.2) is 4.80 Å². The number of carbonyl (C=O) groups excluding carboxylic acids is 2. The third-order valence-electron chi connectivity index (χ3n) is 3.71. The molecule has 0 saturated heterocycles. The van der Waals surface area contributed by atoms with Gasteiger partial charge >= 0.3 is 5.97 Å². The molecular weight excluding hydrogens is 360 g/mol. The molecule has 0 bridgehead atoms. The van der Waals surface area contributed by atoms with E-state index >= 15 is 0 Å². The fraction of sp³-hybridized carbons (Fsp3) is 0.167. The van der Waals surface area contributed by atoms with E-state index in [1.165, 1.54) is 18.4 Å². The highest BCUT2D eigenvalue weighted by atomic mass is 35.5. The zero-order valence-corrected chi connectivity index (χ0v) is 15.2. The van der Waals surface area contributed by atoms with Crippen LogP contribution in [0.2, 0.25) is 5.02 Å². The van der Waals surface area contributed by atoms with Gasteiger partial charge in [-0.25, -0.2) is 4.79 Å². The second kappa shape index (κ2) is 7.21. The number of aryl methyl sites for hydroxylation is 1. The number of nitrogens with zero attached hydrogens (tertiary/aromatic N) is 2. The zero-order valence-electron chi connectivity index (χ0n) is 13.7. The van der Waals surface area contributed by atoms with E-state index < -0.39 is 5.97 Å². The fourth-order valence-electron chi connectivity index (χ4n) is 2.45. The molecule has 1 heterocycles. The SMILES string of the molecule is CCn1c(=NC(=O)c2ccc(Cl)cc2)sc2cc(C(=O)OC)ccc21. The van der Waals surface area contributed by atoms with E-state index in [0.717, 1.165) is 10.2 Å². The number of amides is 1. The van der Waals surface area contributed by atoms with Crippen LogP contribution in [0.1, 0.15) is 27.6 Å². The highest BCUT2D eigenvalue weighted by Crippen LogP contribution is 2.20. The van der Waals surface area contributed by atoms with E-state index in [4.69, 9.17) is 16.3 Å². The first-order chi connectivity index (χ1) is 12.0. The van der Waals surface area contributed by atoms with Crippen LogP contribution in [0.15, 0.2) is 47.5 Å². The average Bonchev–Trinajstić information content (AvgIpc) is 2.97. The molecular formula is C18H15ClN2O3S. The molecule has 7 heteroatoms. The summed E-state index contributed by atoms with van der Waals surface area (Å²) in [4.78, 5) is 28.9. The van der Waals surface area contributed by atoms with Crippen molar-refractivity contribution in [2.45, 2.75) is 13.5 Å². The Hall–Kier alpha value is -2.44. The number of benzene rings is 2. The second-order valence-corrected chi connectivity index (χ2v) is 6.67. The molecule has 0 radical (unpaired) electrons. The molecule has 1 aromatic heterocycles. The first-order valence-corrected chi connectivity index (χ1v) is 8.79.